The molecule has 1 heterocycles. The van der Waals surface area contributed by atoms with Crippen LogP contribution in [0.3, 0.4) is 0 Å². The Balaban J connectivity index is 2.80. The highest BCUT2D eigenvalue weighted by Gasteiger charge is 2.59. The molecule has 1 aromatic carbocycles. The maximum atomic E-state index is 13.5. The zero-order chi connectivity index (χ0) is 33.9. The molecule has 45 heavy (non-hydrogen) atoms. The molecule has 15 nitrogen and oxygen atoms in total. The third-order valence-electron chi connectivity index (χ3n) is 6.16. The summed E-state index contributed by atoms with van der Waals surface area (Å²) in [6, 6.07) is 5.58. The molecule has 1 aromatic rings. The first kappa shape index (κ1) is 37.0. The lowest BCUT2D eigenvalue weighted by molar-refractivity contribution is -0.224. The summed E-state index contributed by atoms with van der Waals surface area (Å²) in [5.74, 6) is -5.89. The van der Waals surface area contributed by atoms with Gasteiger partial charge in [-0.15, -0.1) is 0 Å². The molecule has 6 atom stereocenters. The van der Waals surface area contributed by atoms with Crippen molar-refractivity contribution in [2.24, 2.45) is 0 Å². The number of hydrogen-bond acceptors (Lipinski definition) is 15. The molecular formula is C29H37NO14S. The van der Waals surface area contributed by atoms with E-state index in [1.807, 2.05) is 6.92 Å². The SMILES string of the molecule is COC(=O)[C@]1(Sc2ccc(C)cc2)C[C@H](OC(C)=O)[C@@H](NC(=O)COC(C)=O)[C@H]([C@H](OC(C)=O)[C@@H](COC(C)=O)OC(C)=O)O1. The average molecular weight is 656 g/mol. The van der Waals surface area contributed by atoms with E-state index in [1.54, 1.807) is 24.3 Å². The number of methoxy groups -OCH3 is 1. The van der Waals surface area contributed by atoms with Crippen molar-refractivity contribution < 1.29 is 66.7 Å². The van der Waals surface area contributed by atoms with Gasteiger partial charge in [0.25, 0.3) is 5.91 Å². The molecule has 0 bridgehead atoms. The molecule has 0 unspecified atom stereocenters. The van der Waals surface area contributed by atoms with Crippen LogP contribution in [0.4, 0.5) is 0 Å². The van der Waals surface area contributed by atoms with Gasteiger partial charge in [0, 0.05) is 45.9 Å². The van der Waals surface area contributed by atoms with Gasteiger partial charge < -0.3 is 38.5 Å². The van der Waals surface area contributed by atoms with E-state index in [-0.39, 0.29) is 6.42 Å². The number of nitrogens with one attached hydrogen (secondary N) is 1. The van der Waals surface area contributed by atoms with Crippen LogP contribution >= 0.6 is 11.8 Å². The second-order valence-corrected chi connectivity index (χ2v) is 11.3. The van der Waals surface area contributed by atoms with E-state index in [0.717, 1.165) is 59.1 Å². The molecule has 1 aliphatic heterocycles. The number of ether oxygens (including phenoxy) is 7. The van der Waals surface area contributed by atoms with Gasteiger partial charge in [-0.2, -0.15) is 0 Å². The first-order valence-corrected chi connectivity index (χ1v) is 14.5. The predicted octanol–water partition coefficient (Wildman–Crippen LogP) is 1.15. The summed E-state index contributed by atoms with van der Waals surface area (Å²) < 4.78 is 37.9. The lowest BCUT2D eigenvalue weighted by Crippen LogP contribution is -2.68. The molecule has 1 fully saturated rings. The van der Waals surface area contributed by atoms with E-state index in [2.05, 4.69) is 5.32 Å². The fraction of sp³-hybridized carbons (Fsp3) is 0.552. The molecule has 248 valence electrons. The monoisotopic (exact) mass is 655 g/mol. The Morgan fingerprint density at radius 1 is 0.889 bits per heavy atom. The predicted molar refractivity (Wildman–Crippen MR) is 153 cm³/mol. The minimum atomic E-state index is -1.99. The number of carbonyl (C=O) groups is 7. The molecule has 0 aliphatic carbocycles. The van der Waals surface area contributed by atoms with Crippen LogP contribution in [-0.2, 0) is 66.7 Å². The van der Waals surface area contributed by atoms with Gasteiger partial charge in [0.2, 0.25) is 4.93 Å². The smallest absolute Gasteiger partial charge is 0.349 e. The Morgan fingerprint density at radius 2 is 1.49 bits per heavy atom. The van der Waals surface area contributed by atoms with Crippen molar-refractivity contribution >= 4 is 53.5 Å². The maximum Gasteiger partial charge on any atom is 0.349 e. The Kier molecular flexibility index (Phi) is 13.8. The van der Waals surface area contributed by atoms with Gasteiger partial charge >= 0.3 is 35.8 Å². The number of aryl methyl sites for hydroxylation is 1. The zero-order valence-corrected chi connectivity index (χ0v) is 26.8. The summed E-state index contributed by atoms with van der Waals surface area (Å²) in [6.45, 7) is 5.86. The highest BCUT2D eigenvalue weighted by atomic mass is 32.2. The van der Waals surface area contributed by atoms with Crippen molar-refractivity contribution in [1.29, 1.82) is 0 Å². The molecule has 0 spiro atoms. The zero-order valence-electron chi connectivity index (χ0n) is 25.9. The highest BCUT2D eigenvalue weighted by Crippen LogP contribution is 2.46. The third kappa shape index (κ3) is 11.4. The lowest BCUT2D eigenvalue weighted by atomic mass is 9.89. The maximum absolute atomic E-state index is 13.5. The summed E-state index contributed by atoms with van der Waals surface area (Å²) in [5.41, 5.74) is 0.923. The van der Waals surface area contributed by atoms with Crippen LogP contribution in [0.5, 0.6) is 0 Å². The van der Waals surface area contributed by atoms with E-state index in [0.29, 0.717) is 4.90 Å². The van der Waals surface area contributed by atoms with Gasteiger partial charge in [-0.25, -0.2) is 4.79 Å². The number of amides is 1. The van der Waals surface area contributed by atoms with Crippen molar-refractivity contribution in [2.45, 2.75) is 88.2 Å². The van der Waals surface area contributed by atoms with Gasteiger partial charge in [0.05, 0.1) is 13.2 Å². The topological polar surface area (TPSA) is 196 Å². The Morgan fingerprint density at radius 3 is 2.00 bits per heavy atom. The normalized spacial score (nSPS) is 22.1. The number of benzene rings is 1. The van der Waals surface area contributed by atoms with Crippen molar-refractivity contribution in [3.8, 4) is 0 Å². The summed E-state index contributed by atoms with van der Waals surface area (Å²) in [7, 11) is 1.11. The number of thioether (sulfide) groups is 1. The van der Waals surface area contributed by atoms with Crippen LogP contribution < -0.4 is 5.32 Å². The van der Waals surface area contributed by atoms with Crippen LogP contribution in [0.15, 0.2) is 29.2 Å². The second kappa shape index (κ2) is 16.8. The Bertz CT molecular complexity index is 1270. The third-order valence-corrected chi connectivity index (χ3v) is 7.43. The average Bonchev–Trinajstić information content (AvgIpc) is 2.94. The van der Waals surface area contributed by atoms with Gasteiger partial charge in [-0.1, -0.05) is 29.5 Å². The van der Waals surface area contributed by atoms with Crippen molar-refractivity contribution in [2.75, 3.05) is 20.3 Å². The van der Waals surface area contributed by atoms with E-state index in [4.69, 9.17) is 33.2 Å². The van der Waals surface area contributed by atoms with Gasteiger partial charge in [-0.05, 0) is 19.1 Å². The molecule has 1 saturated heterocycles. The first-order valence-electron chi connectivity index (χ1n) is 13.7. The van der Waals surface area contributed by atoms with E-state index in [1.165, 1.54) is 0 Å². The fourth-order valence-electron chi connectivity index (χ4n) is 4.46. The van der Waals surface area contributed by atoms with Crippen molar-refractivity contribution in [3.05, 3.63) is 29.8 Å². The number of esters is 6. The van der Waals surface area contributed by atoms with Crippen molar-refractivity contribution in [1.82, 2.24) is 5.32 Å². The minimum Gasteiger partial charge on any atom is -0.466 e. The van der Waals surface area contributed by atoms with Gasteiger partial charge in [0.15, 0.2) is 18.8 Å². The van der Waals surface area contributed by atoms with Crippen LogP contribution in [0, 0.1) is 6.92 Å². The number of carbonyl (C=O) groups excluding carboxylic acids is 7. The quantitative estimate of drug-likeness (QED) is 0.234. The largest absolute Gasteiger partial charge is 0.466 e. The van der Waals surface area contributed by atoms with Crippen LogP contribution in [0.2, 0.25) is 0 Å². The van der Waals surface area contributed by atoms with Crippen LogP contribution in [-0.4, -0.2) is 97.4 Å². The van der Waals surface area contributed by atoms with Crippen LogP contribution in [0.25, 0.3) is 0 Å². The first-order chi connectivity index (χ1) is 21.1. The molecule has 0 aromatic heterocycles. The van der Waals surface area contributed by atoms with Crippen LogP contribution in [0.1, 0.15) is 46.6 Å². The Labute approximate surface area is 263 Å². The molecular weight excluding hydrogens is 618 g/mol. The molecule has 0 saturated carbocycles. The van der Waals surface area contributed by atoms with Gasteiger partial charge in [-0.3, -0.25) is 28.8 Å². The van der Waals surface area contributed by atoms with E-state index in [9.17, 15) is 33.6 Å². The number of rotatable bonds is 13. The lowest BCUT2D eigenvalue weighted by Gasteiger charge is -2.48. The molecule has 1 N–H and O–H groups in total. The summed E-state index contributed by atoms with van der Waals surface area (Å²) in [4.78, 5) is 84.9. The molecule has 1 amide bonds. The minimum absolute atomic E-state index is 0.387. The fourth-order valence-corrected chi connectivity index (χ4v) is 5.69. The summed E-state index contributed by atoms with van der Waals surface area (Å²) >= 11 is 0.900. The van der Waals surface area contributed by atoms with Gasteiger partial charge in [0.1, 0.15) is 18.8 Å². The highest BCUT2D eigenvalue weighted by molar-refractivity contribution is 8.01. The molecule has 16 heteroatoms. The van der Waals surface area contributed by atoms with E-state index < -0.39 is 90.3 Å². The summed E-state index contributed by atoms with van der Waals surface area (Å²) in [6.07, 6.45) is -6.59. The van der Waals surface area contributed by atoms with E-state index >= 15 is 0 Å². The molecule has 2 rings (SSSR count). The molecule has 1 aliphatic rings. The number of hydrogen-bond donors (Lipinski definition) is 1. The summed E-state index contributed by atoms with van der Waals surface area (Å²) in [5, 5.41) is 2.55. The molecule has 0 radical (unpaired) electrons. The second-order valence-electron chi connectivity index (χ2n) is 9.99. The standard InChI is InChI=1S/C29H37NO14S/c1-15-8-10-21(11-9-15)45-29(28(37)38-7)12-22(41-18(4)33)25(30-24(36)14-40-17(3)32)27(44-29)26(43-20(6)35)23(42-19(5)34)13-39-16(2)31/h8-11,22-23,25-27H,12-14H2,1-7H3,(H,30,36)/t22-,23+,25+,26+,27+,29+/m0/s1. The Hall–Kier alpha value is -4.18. The van der Waals surface area contributed by atoms with Crippen molar-refractivity contribution in [3.63, 3.8) is 0 Å².